The molecular formula is C46H52ClF2N9O4. The van der Waals surface area contributed by atoms with Gasteiger partial charge in [-0.1, -0.05) is 30.7 Å². The number of imide groups is 1. The first kappa shape index (κ1) is 40.8. The number of nitrogens with zero attached hydrogens (tertiary/aromatic N) is 6. The summed E-state index contributed by atoms with van der Waals surface area (Å²) in [5.41, 5.74) is 4.88. The number of halogens is 3. The minimum absolute atomic E-state index is 0.0882. The maximum atomic E-state index is 15.2. The number of aryl methyl sites for hydroxylation is 2. The first-order valence-electron chi connectivity index (χ1n) is 22.0. The van der Waals surface area contributed by atoms with E-state index in [2.05, 4.69) is 50.9 Å². The van der Waals surface area contributed by atoms with E-state index in [1.807, 2.05) is 36.0 Å². The summed E-state index contributed by atoms with van der Waals surface area (Å²) in [4.78, 5) is 47.3. The second-order valence-corrected chi connectivity index (χ2v) is 18.7. The summed E-state index contributed by atoms with van der Waals surface area (Å²) in [7, 11) is 3.55. The number of aromatic nitrogens is 4. The first-order chi connectivity index (χ1) is 29.8. The Balaban J connectivity index is 0.777. The second-order valence-electron chi connectivity index (χ2n) is 18.3. The SMILES string of the molecule is C[C@@H]1CN(c2cc(Nc3ccc4c(c3)c3c(c(=O)n4C)OCC(F)(F)[C@H](C4CC4)N3)c(Cl)cn2)CC[C@@H]1CN1CCC(c2ccc3c(C4CCC(=O)NC4=O)nn(C)c3c2)CC1. The van der Waals surface area contributed by atoms with Gasteiger partial charge in [-0.2, -0.15) is 5.10 Å². The Labute approximate surface area is 363 Å². The molecule has 2 amide bonds. The van der Waals surface area contributed by atoms with Crippen LogP contribution in [0.1, 0.15) is 75.0 Å². The fourth-order valence-corrected chi connectivity index (χ4v) is 10.5. The van der Waals surface area contributed by atoms with Crippen LogP contribution in [-0.2, 0) is 23.7 Å². The number of alkyl halides is 2. The van der Waals surface area contributed by atoms with Gasteiger partial charge in [0.15, 0.2) is 6.61 Å². The second kappa shape index (κ2) is 15.8. The quantitative estimate of drug-likeness (QED) is 0.136. The van der Waals surface area contributed by atoms with Crippen molar-refractivity contribution in [3.8, 4) is 5.75 Å². The molecule has 7 heterocycles. The summed E-state index contributed by atoms with van der Waals surface area (Å²) in [6.07, 6.45) is 7.12. The predicted molar refractivity (Wildman–Crippen MR) is 236 cm³/mol. The number of ether oxygens (including phenoxy) is 1. The molecule has 62 heavy (non-hydrogen) atoms. The maximum absolute atomic E-state index is 15.2. The van der Waals surface area contributed by atoms with E-state index in [0.717, 1.165) is 74.4 Å². The molecule has 0 spiro atoms. The van der Waals surface area contributed by atoms with E-state index < -0.39 is 30.0 Å². The van der Waals surface area contributed by atoms with E-state index in [4.69, 9.17) is 26.4 Å². The molecule has 3 aromatic heterocycles. The van der Waals surface area contributed by atoms with E-state index in [9.17, 15) is 14.4 Å². The van der Waals surface area contributed by atoms with Crippen LogP contribution in [0.15, 0.2) is 53.5 Å². The minimum atomic E-state index is -3.12. The van der Waals surface area contributed by atoms with Gasteiger partial charge in [0.2, 0.25) is 17.6 Å². The van der Waals surface area contributed by atoms with Gasteiger partial charge >= 0.3 is 5.92 Å². The zero-order valence-corrected chi connectivity index (χ0v) is 36.0. The molecule has 1 saturated carbocycles. The van der Waals surface area contributed by atoms with Gasteiger partial charge in [-0.3, -0.25) is 24.4 Å². The summed E-state index contributed by atoms with van der Waals surface area (Å²) in [6.45, 7) is 6.38. The number of rotatable bonds is 8. The van der Waals surface area contributed by atoms with Crippen molar-refractivity contribution in [3.05, 3.63) is 75.3 Å². The van der Waals surface area contributed by atoms with Crippen molar-refractivity contribution < 1.29 is 23.1 Å². The number of benzene rings is 2. The normalized spacial score (nSPS) is 24.6. The third-order valence-corrected chi connectivity index (χ3v) is 14.5. The minimum Gasteiger partial charge on any atom is -0.480 e. The average Bonchev–Trinajstić information content (AvgIpc) is 4.06. The Morgan fingerprint density at radius 3 is 2.52 bits per heavy atom. The molecule has 326 valence electrons. The van der Waals surface area contributed by atoms with Crippen LogP contribution in [0.25, 0.3) is 21.8 Å². The van der Waals surface area contributed by atoms with Crippen LogP contribution >= 0.6 is 11.6 Å². The molecule has 3 saturated heterocycles. The van der Waals surface area contributed by atoms with Gasteiger partial charge in [0.05, 0.1) is 51.3 Å². The van der Waals surface area contributed by atoms with Gasteiger partial charge in [-0.15, -0.1) is 0 Å². The van der Waals surface area contributed by atoms with Crippen LogP contribution in [-0.4, -0.2) is 87.3 Å². The molecule has 1 unspecified atom stereocenters. The number of carbonyl (C=O) groups excluding carboxylic acids is 2. The lowest BCUT2D eigenvalue weighted by Gasteiger charge is -2.41. The van der Waals surface area contributed by atoms with E-state index in [1.54, 1.807) is 13.2 Å². The highest BCUT2D eigenvalue weighted by molar-refractivity contribution is 6.33. The Morgan fingerprint density at radius 1 is 0.952 bits per heavy atom. The van der Waals surface area contributed by atoms with E-state index in [0.29, 0.717) is 76.4 Å². The predicted octanol–water partition coefficient (Wildman–Crippen LogP) is 7.30. The summed E-state index contributed by atoms with van der Waals surface area (Å²) in [5.74, 6) is -1.97. The molecule has 4 aliphatic heterocycles. The summed E-state index contributed by atoms with van der Waals surface area (Å²) in [5, 5.41) is 15.7. The number of likely N-dealkylation sites (tertiary alicyclic amines) is 1. The fourth-order valence-electron chi connectivity index (χ4n) is 10.4. The van der Waals surface area contributed by atoms with Crippen LogP contribution in [0.5, 0.6) is 5.75 Å². The largest absolute Gasteiger partial charge is 0.480 e. The lowest BCUT2D eigenvalue weighted by Crippen LogP contribution is -2.45. The van der Waals surface area contributed by atoms with Crippen LogP contribution in [0.2, 0.25) is 5.02 Å². The molecule has 2 aromatic carbocycles. The Bertz CT molecular complexity index is 2660. The Kier molecular flexibility index (Phi) is 10.4. The number of piperidine rings is 3. The van der Waals surface area contributed by atoms with Crippen molar-refractivity contribution in [2.75, 3.05) is 54.9 Å². The van der Waals surface area contributed by atoms with Gasteiger partial charge in [0.1, 0.15) is 5.82 Å². The van der Waals surface area contributed by atoms with Gasteiger partial charge in [0, 0.05) is 62.7 Å². The molecule has 10 rings (SSSR count). The van der Waals surface area contributed by atoms with Crippen LogP contribution in [0, 0.1) is 17.8 Å². The van der Waals surface area contributed by atoms with E-state index >= 15 is 8.78 Å². The molecule has 5 aromatic rings. The van der Waals surface area contributed by atoms with E-state index in [-0.39, 0.29) is 23.5 Å². The van der Waals surface area contributed by atoms with Crippen LogP contribution in [0.3, 0.4) is 0 Å². The molecule has 16 heteroatoms. The molecule has 3 N–H and O–H groups in total. The molecule has 0 bridgehead atoms. The summed E-state index contributed by atoms with van der Waals surface area (Å²) in [6, 6.07) is 12.9. The van der Waals surface area contributed by atoms with Crippen molar-refractivity contribution in [1.82, 2.24) is 29.5 Å². The maximum Gasteiger partial charge on any atom is 0.301 e. The molecule has 4 atom stereocenters. The summed E-state index contributed by atoms with van der Waals surface area (Å²) < 4.78 is 39.2. The molecule has 0 radical (unpaired) electrons. The number of hydrogen-bond acceptors (Lipinski definition) is 10. The van der Waals surface area contributed by atoms with Crippen molar-refractivity contribution >= 4 is 68.1 Å². The van der Waals surface area contributed by atoms with Crippen molar-refractivity contribution in [1.29, 1.82) is 0 Å². The topological polar surface area (TPSA) is 139 Å². The van der Waals surface area contributed by atoms with E-state index in [1.165, 1.54) is 10.1 Å². The van der Waals surface area contributed by atoms with Crippen LogP contribution in [0.4, 0.5) is 31.7 Å². The zero-order valence-electron chi connectivity index (χ0n) is 35.2. The fraction of sp³-hybridized carbons (Fsp3) is 0.500. The number of carbonyl (C=O) groups is 2. The molecule has 13 nitrogen and oxygen atoms in total. The molecule has 5 aliphatic rings. The molecule has 4 fully saturated rings. The highest BCUT2D eigenvalue weighted by Crippen LogP contribution is 2.46. The third kappa shape index (κ3) is 7.54. The molecular weight excluding hydrogens is 816 g/mol. The van der Waals surface area contributed by atoms with Gasteiger partial charge in [-0.05, 0) is 105 Å². The lowest BCUT2D eigenvalue weighted by molar-refractivity contribution is -0.134. The van der Waals surface area contributed by atoms with Crippen molar-refractivity contribution in [2.45, 2.75) is 75.7 Å². The smallest absolute Gasteiger partial charge is 0.301 e. The van der Waals surface area contributed by atoms with Crippen molar-refractivity contribution in [3.63, 3.8) is 0 Å². The lowest BCUT2D eigenvalue weighted by atomic mass is 9.84. The Hall–Kier alpha value is -5.28. The zero-order chi connectivity index (χ0) is 43.0. The number of fused-ring (bicyclic) bond motifs is 4. The number of pyridine rings is 2. The number of hydrogen-bond donors (Lipinski definition) is 3. The highest BCUT2D eigenvalue weighted by Gasteiger charge is 2.51. The van der Waals surface area contributed by atoms with Crippen molar-refractivity contribution in [2.24, 2.45) is 31.8 Å². The van der Waals surface area contributed by atoms with Gasteiger partial charge < -0.3 is 29.7 Å². The number of amides is 2. The third-order valence-electron chi connectivity index (χ3n) is 14.2. The molecule has 1 aliphatic carbocycles. The highest BCUT2D eigenvalue weighted by atomic mass is 35.5. The first-order valence-corrected chi connectivity index (χ1v) is 22.3. The number of anilines is 4. The monoisotopic (exact) mass is 867 g/mol. The Morgan fingerprint density at radius 2 is 1.76 bits per heavy atom. The summed E-state index contributed by atoms with van der Waals surface area (Å²) >= 11 is 6.72. The average molecular weight is 868 g/mol. The van der Waals surface area contributed by atoms with Gasteiger partial charge in [-0.25, -0.2) is 13.8 Å². The van der Waals surface area contributed by atoms with Gasteiger partial charge in [0.25, 0.3) is 5.56 Å². The standard InChI is InChI=1S/C46H52ClF2N9O4/c1-25-22-58(17-14-29(25)23-57-15-12-26(13-16-57)28-6-8-31-37(18-28)56(3)54-40(31)32-9-11-39(59)52-44(32)60)38-20-35(34(47)21-50-38)51-30-7-10-36-33(19-30)41-42(45(61)55(36)2)62-24-46(48,49)43(53-41)27-4-5-27/h6-8,10,18-21,25-27,29,32,43,53H,4-5,9,11-17,22-24H2,1-3H3,(H,50,51)(H,52,59,60)/t25-,29-,32?,43+/m1/s1. The van der Waals surface area contributed by atoms with Crippen LogP contribution < -0.4 is 31.1 Å². The number of nitrogens with one attached hydrogen (secondary N) is 3.